The van der Waals surface area contributed by atoms with Crippen molar-refractivity contribution in [1.82, 2.24) is 0 Å². The lowest BCUT2D eigenvalue weighted by atomic mass is 9.68. The van der Waals surface area contributed by atoms with Gasteiger partial charge in [0.2, 0.25) is 0 Å². The molecule has 2 rings (SSSR count). The minimum absolute atomic E-state index is 0.207. The number of hydrogen-bond acceptors (Lipinski definition) is 0. The molecule has 0 saturated heterocycles. The fourth-order valence-corrected chi connectivity index (χ4v) is 4.25. The van der Waals surface area contributed by atoms with Crippen LogP contribution in [0.25, 0.3) is 0 Å². The zero-order chi connectivity index (χ0) is 15.3. The molecule has 21 heavy (non-hydrogen) atoms. The third-order valence-electron chi connectivity index (χ3n) is 4.99. The second-order valence-electron chi connectivity index (χ2n) is 6.63. The zero-order valence-corrected chi connectivity index (χ0v) is 15.1. The highest BCUT2D eigenvalue weighted by molar-refractivity contribution is 6.33. The lowest BCUT2D eigenvalue weighted by Crippen LogP contribution is -2.31. The topological polar surface area (TPSA) is 0 Å². The summed E-state index contributed by atoms with van der Waals surface area (Å²) in [6.45, 7) is 2.27. The first-order chi connectivity index (χ1) is 10.1. The molecular weight excluding hydrogens is 323 g/mol. The Bertz CT molecular complexity index is 448. The summed E-state index contributed by atoms with van der Waals surface area (Å²) < 4.78 is 0. The van der Waals surface area contributed by atoms with E-state index < -0.39 is 0 Å². The van der Waals surface area contributed by atoms with E-state index in [0.29, 0.717) is 0 Å². The van der Waals surface area contributed by atoms with Crippen molar-refractivity contribution < 1.29 is 0 Å². The minimum atomic E-state index is 0.207. The van der Waals surface area contributed by atoms with Crippen LogP contribution >= 0.6 is 34.8 Å². The van der Waals surface area contributed by atoms with E-state index in [9.17, 15) is 0 Å². The molecule has 118 valence electrons. The number of benzene rings is 1. The van der Waals surface area contributed by atoms with Crippen molar-refractivity contribution in [2.75, 3.05) is 5.88 Å². The van der Waals surface area contributed by atoms with Gasteiger partial charge in [0.1, 0.15) is 0 Å². The van der Waals surface area contributed by atoms with E-state index >= 15 is 0 Å². The molecule has 0 aliphatic heterocycles. The molecule has 0 spiro atoms. The molecule has 0 nitrogen and oxygen atoms in total. The fraction of sp³-hybridized carbons (Fsp3) is 0.667. The van der Waals surface area contributed by atoms with Gasteiger partial charge in [-0.05, 0) is 67.2 Å². The summed E-state index contributed by atoms with van der Waals surface area (Å²) in [5, 5.41) is 1.58. The summed E-state index contributed by atoms with van der Waals surface area (Å²) in [7, 11) is 0. The van der Waals surface area contributed by atoms with Crippen molar-refractivity contribution in [3.8, 4) is 0 Å². The summed E-state index contributed by atoms with van der Waals surface area (Å²) in [4.78, 5) is 0. The first-order valence-electron chi connectivity index (χ1n) is 8.08. The summed E-state index contributed by atoms with van der Waals surface area (Å²) in [5.41, 5.74) is 1.36. The molecule has 3 heteroatoms. The van der Waals surface area contributed by atoms with Gasteiger partial charge in [0, 0.05) is 15.9 Å². The molecule has 1 saturated carbocycles. The van der Waals surface area contributed by atoms with Crippen LogP contribution in [0.15, 0.2) is 18.2 Å². The normalized spacial score (nSPS) is 26.0. The standard InChI is InChI=1S/C18H25Cl3/c1-2-3-4-14-7-9-18(13-19,10-8-14)12-15-11-16(20)5-6-17(15)21/h5-6,11,14H,2-4,7-10,12-13H2,1H3. The molecule has 0 heterocycles. The Morgan fingerprint density at radius 1 is 1.19 bits per heavy atom. The molecule has 0 amide bonds. The number of unbranched alkanes of at least 4 members (excludes halogenated alkanes) is 1. The summed E-state index contributed by atoms with van der Waals surface area (Å²) in [6.07, 6.45) is 10.0. The molecule has 1 aliphatic carbocycles. The largest absolute Gasteiger partial charge is 0.126 e. The van der Waals surface area contributed by atoms with Gasteiger partial charge in [-0.15, -0.1) is 11.6 Å². The van der Waals surface area contributed by atoms with Gasteiger partial charge in [-0.25, -0.2) is 0 Å². The number of halogens is 3. The Morgan fingerprint density at radius 3 is 2.52 bits per heavy atom. The molecule has 1 aliphatic rings. The van der Waals surface area contributed by atoms with Gasteiger partial charge in [0.05, 0.1) is 0 Å². The van der Waals surface area contributed by atoms with E-state index in [1.165, 1.54) is 44.9 Å². The number of hydrogen-bond donors (Lipinski definition) is 0. The van der Waals surface area contributed by atoms with Crippen LogP contribution in [0.1, 0.15) is 57.4 Å². The average Bonchev–Trinajstić information content (AvgIpc) is 2.50. The third-order valence-corrected chi connectivity index (χ3v) is 6.16. The van der Waals surface area contributed by atoms with E-state index in [4.69, 9.17) is 34.8 Å². The van der Waals surface area contributed by atoms with E-state index in [2.05, 4.69) is 6.92 Å². The van der Waals surface area contributed by atoms with Gasteiger partial charge in [0.25, 0.3) is 0 Å². The summed E-state index contributed by atoms with van der Waals surface area (Å²) >= 11 is 18.8. The van der Waals surface area contributed by atoms with Crippen molar-refractivity contribution in [3.05, 3.63) is 33.8 Å². The SMILES string of the molecule is CCCCC1CCC(CCl)(Cc2cc(Cl)ccc2Cl)CC1. The molecule has 1 fully saturated rings. The van der Waals surface area contributed by atoms with Crippen LogP contribution < -0.4 is 0 Å². The lowest BCUT2D eigenvalue weighted by molar-refractivity contribution is 0.166. The molecule has 0 unspecified atom stereocenters. The molecule has 1 aromatic carbocycles. The fourth-order valence-electron chi connectivity index (χ4n) is 3.51. The minimum Gasteiger partial charge on any atom is -0.126 e. The number of rotatable bonds is 6. The Hall–Kier alpha value is 0.0900. The molecule has 0 aromatic heterocycles. The van der Waals surface area contributed by atoms with E-state index in [1.807, 2.05) is 18.2 Å². The van der Waals surface area contributed by atoms with Crippen molar-refractivity contribution in [1.29, 1.82) is 0 Å². The molecule has 0 N–H and O–H groups in total. The highest BCUT2D eigenvalue weighted by Crippen LogP contribution is 2.44. The molecule has 1 aromatic rings. The average molecular weight is 348 g/mol. The zero-order valence-electron chi connectivity index (χ0n) is 12.8. The summed E-state index contributed by atoms with van der Waals surface area (Å²) in [6, 6.07) is 5.75. The van der Waals surface area contributed by atoms with Crippen molar-refractivity contribution in [3.63, 3.8) is 0 Å². The van der Waals surface area contributed by atoms with Crippen LogP contribution in [0.3, 0.4) is 0 Å². The van der Waals surface area contributed by atoms with Crippen LogP contribution in [0.4, 0.5) is 0 Å². The maximum Gasteiger partial charge on any atom is 0.0439 e. The quantitative estimate of drug-likeness (QED) is 0.480. The highest BCUT2D eigenvalue weighted by atomic mass is 35.5. The van der Waals surface area contributed by atoms with E-state index in [1.54, 1.807) is 0 Å². The Kier molecular flexibility index (Phi) is 6.72. The maximum atomic E-state index is 6.36. The first-order valence-corrected chi connectivity index (χ1v) is 9.37. The maximum absolute atomic E-state index is 6.36. The van der Waals surface area contributed by atoms with Gasteiger partial charge in [-0.2, -0.15) is 0 Å². The Morgan fingerprint density at radius 2 is 1.90 bits per heavy atom. The van der Waals surface area contributed by atoms with Crippen molar-refractivity contribution >= 4 is 34.8 Å². The Balaban J connectivity index is 2.01. The van der Waals surface area contributed by atoms with Crippen LogP contribution in [0.2, 0.25) is 10.0 Å². The second-order valence-corrected chi connectivity index (χ2v) is 7.74. The van der Waals surface area contributed by atoms with Gasteiger partial charge in [0.15, 0.2) is 0 Å². The van der Waals surface area contributed by atoms with Gasteiger partial charge in [-0.1, -0.05) is 49.4 Å². The monoisotopic (exact) mass is 346 g/mol. The van der Waals surface area contributed by atoms with Gasteiger partial charge < -0.3 is 0 Å². The van der Waals surface area contributed by atoms with E-state index in [0.717, 1.165) is 33.8 Å². The van der Waals surface area contributed by atoms with Gasteiger partial charge in [-0.3, -0.25) is 0 Å². The molecule has 0 bridgehead atoms. The lowest BCUT2D eigenvalue weighted by Gasteiger charge is -2.39. The van der Waals surface area contributed by atoms with Crippen LogP contribution in [0.5, 0.6) is 0 Å². The third kappa shape index (κ3) is 4.78. The molecular formula is C18H25Cl3. The van der Waals surface area contributed by atoms with Gasteiger partial charge >= 0.3 is 0 Å². The second kappa shape index (κ2) is 8.09. The predicted octanol–water partition coefficient (Wildman–Crippen LogP) is 7.14. The smallest absolute Gasteiger partial charge is 0.0439 e. The first kappa shape index (κ1) is 17.4. The van der Waals surface area contributed by atoms with E-state index in [-0.39, 0.29) is 5.41 Å². The van der Waals surface area contributed by atoms with Crippen molar-refractivity contribution in [2.24, 2.45) is 11.3 Å². The highest BCUT2D eigenvalue weighted by Gasteiger charge is 2.35. The molecule has 0 radical (unpaired) electrons. The van der Waals surface area contributed by atoms with Crippen molar-refractivity contribution in [2.45, 2.75) is 58.3 Å². The van der Waals surface area contributed by atoms with Crippen LogP contribution in [-0.4, -0.2) is 5.88 Å². The van der Waals surface area contributed by atoms with Crippen LogP contribution in [-0.2, 0) is 6.42 Å². The predicted molar refractivity (Wildman–Crippen MR) is 94.8 cm³/mol. The van der Waals surface area contributed by atoms with Crippen LogP contribution in [0, 0.1) is 11.3 Å². The molecule has 0 atom stereocenters. The Labute approximate surface area is 144 Å². The summed E-state index contributed by atoms with van der Waals surface area (Å²) in [5.74, 6) is 1.62. The number of alkyl halides is 1.